The number of ether oxygens (including phenoxy) is 1. The molecule has 1 N–H and O–H groups in total. The number of H-pyrrole nitrogens is 1. The molecule has 5 rings (SSSR count). The largest absolute Gasteiger partial charge is 0.497 e. The lowest BCUT2D eigenvalue weighted by Crippen LogP contribution is -2.32. The number of amides is 2. The van der Waals surface area contributed by atoms with Crippen molar-refractivity contribution in [2.24, 2.45) is 5.92 Å². The summed E-state index contributed by atoms with van der Waals surface area (Å²) in [5, 5.41) is -0.379. The molecule has 33 heavy (non-hydrogen) atoms. The van der Waals surface area contributed by atoms with Gasteiger partial charge in [0, 0.05) is 10.8 Å². The first-order valence-corrected chi connectivity index (χ1v) is 11.5. The Hall–Kier alpha value is -3.05. The molecule has 11 heteroatoms. The Bertz CT molecular complexity index is 1320. The second-order valence-electron chi connectivity index (χ2n) is 7.58. The van der Waals surface area contributed by atoms with Gasteiger partial charge >= 0.3 is 11.0 Å². The summed E-state index contributed by atoms with van der Waals surface area (Å²) in [4.78, 5) is 42.8. The van der Waals surface area contributed by atoms with Gasteiger partial charge in [-0.3, -0.25) is 14.4 Å². The number of carbonyl (C=O) groups is 2. The van der Waals surface area contributed by atoms with Crippen LogP contribution < -0.4 is 14.5 Å². The molecule has 1 saturated heterocycles. The molecule has 1 aromatic heterocycles. The molecule has 2 aliphatic rings. The minimum Gasteiger partial charge on any atom is -0.497 e. The highest BCUT2D eigenvalue weighted by molar-refractivity contribution is 8.00. The molecule has 0 radical (unpaired) electrons. The number of carbonyl (C=O) groups excluding carboxylic acids is 2. The van der Waals surface area contributed by atoms with E-state index in [9.17, 15) is 27.6 Å². The highest BCUT2D eigenvalue weighted by Crippen LogP contribution is 2.53. The summed E-state index contributed by atoms with van der Waals surface area (Å²) in [6.07, 6.45) is -4.61. The van der Waals surface area contributed by atoms with E-state index in [1.54, 1.807) is 24.3 Å². The molecule has 0 aliphatic carbocycles. The van der Waals surface area contributed by atoms with Gasteiger partial charge in [-0.1, -0.05) is 41.3 Å². The average molecular weight is 493 g/mol. The van der Waals surface area contributed by atoms with Crippen molar-refractivity contribution in [3.05, 3.63) is 74.2 Å². The summed E-state index contributed by atoms with van der Waals surface area (Å²) in [6.45, 7) is 0. The van der Waals surface area contributed by atoms with Gasteiger partial charge in [-0.25, -0.2) is 4.90 Å². The van der Waals surface area contributed by atoms with E-state index in [4.69, 9.17) is 4.74 Å². The first-order valence-electron chi connectivity index (χ1n) is 9.77. The number of hydrogen-bond donors (Lipinski definition) is 1. The van der Waals surface area contributed by atoms with Gasteiger partial charge in [-0.15, -0.1) is 0 Å². The van der Waals surface area contributed by atoms with E-state index in [0.29, 0.717) is 21.2 Å². The van der Waals surface area contributed by atoms with Crippen molar-refractivity contribution in [3.8, 4) is 5.75 Å². The van der Waals surface area contributed by atoms with Crippen molar-refractivity contribution < 1.29 is 27.5 Å². The van der Waals surface area contributed by atoms with E-state index in [1.165, 1.54) is 19.2 Å². The third kappa shape index (κ3) is 3.55. The molecule has 3 atom stereocenters. The first-order chi connectivity index (χ1) is 15.7. The highest BCUT2D eigenvalue weighted by atomic mass is 32.2. The number of thiazole rings is 1. The van der Waals surface area contributed by atoms with Crippen molar-refractivity contribution in [3.63, 3.8) is 0 Å². The number of methoxy groups -OCH3 is 1. The number of nitrogens with zero attached hydrogens (tertiary/aromatic N) is 1. The number of aromatic amines is 1. The number of benzene rings is 2. The Morgan fingerprint density at radius 2 is 1.76 bits per heavy atom. The normalized spacial score (nSPS) is 22.3. The lowest BCUT2D eigenvalue weighted by Gasteiger charge is -2.29. The fourth-order valence-electron chi connectivity index (χ4n) is 4.26. The van der Waals surface area contributed by atoms with Crippen LogP contribution in [0.25, 0.3) is 0 Å². The van der Waals surface area contributed by atoms with E-state index < -0.39 is 40.6 Å². The lowest BCUT2D eigenvalue weighted by molar-refractivity contribution is -0.137. The van der Waals surface area contributed by atoms with Crippen LogP contribution in [0.1, 0.15) is 21.9 Å². The second kappa shape index (κ2) is 7.77. The van der Waals surface area contributed by atoms with Crippen LogP contribution in [0.3, 0.4) is 0 Å². The number of alkyl halides is 3. The van der Waals surface area contributed by atoms with Crippen LogP contribution in [0, 0.1) is 5.92 Å². The van der Waals surface area contributed by atoms with Gasteiger partial charge < -0.3 is 9.72 Å². The zero-order valence-corrected chi connectivity index (χ0v) is 18.5. The molecular formula is C22H15F3N2O4S2. The van der Waals surface area contributed by atoms with Crippen LogP contribution in [-0.2, 0) is 15.8 Å². The van der Waals surface area contributed by atoms with E-state index >= 15 is 0 Å². The molecule has 3 heterocycles. The number of nitrogens with one attached hydrogen (secondary N) is 1. The molecule has 0 spiro atoms. The van der Waals surface area contributed by atoms with Gasteiger partial charge in [0.25, 0.3) is 0 Å². The Morgan fingerprint density at radius 1 is 1.03 bits per heavy atom. The van der Waals surface area contributed by atoms with Crippen LogP contribution in [0.4, 0.5) is 18.9 Å². The smallest absolute Gasteiger partial charge is 0.416 e. The molecule has 170 valence electrons. The summed E-state index contributed by atoms with van der Waals surface area (Å²) < 4.78 is 44.9. The van der Waals surface area contributed by atoms with Crippen molar-refractivity contribution >= 4 is 40.6 Å². The third-order valence-corrected chi connectivity index (χ3v) is 8.13. The van der Waals surface area contributed by atoms with Crippen molar-refractivity contribution in [2.45, 2.75) is 22.4 Å². The summed E-state index contributed by atoms with van der Waals surface area (Å²) in [5.74, 6) is -2.07. The van der Waals surface area contributed by atoms with Crippen LogP contribution in [0.5, 0.6) is 5.75 Å². The monoisotopic (exact) mass is 492 g/mol. The van der Waals surface area contributed by atoms with Crippen LogP contribution in [0.15, 0.2) is 58.4 Å². The predicted molar refractivity (Wildman–Crippen MR) is 117 cm³/mol. The SMILES string of the molecule is COc1ccc([C@@H]2c3sc(=O)[nH]c3S[C@@H]3C(=O)N(c4cccc(C(F)(F)F)c4)C(=O)[C@@H]23)cc1. The van der Waals surface area contributed by atoms with E-state index in [2.05, 4.69) is 4.98 Å². The van der Waals surface area contributed by atoms with Crippen LogP contribution in [0.2, 0.25) is 0 Å². The molecule has 2 aromatic carbocycles. The van der Waals surface area contributed by atoms with Gasteiger partial charge in [-0.2, -0.15) is 13.2 Å². The average Bonchev–Trinajstić information content (AvgIpc) is 3.28. The Labute approximate surface area is 193 Å². The fraction of sp³-hybridized carbons (Fsp3) is 0.227. The Morgan fingerprint density at radius 3 is 2.42 bits per heavy atom. The number of hydrogen-bond acceptors (Lipinski definition) is 6. The van der Waals surface area contributed by atoms with Gasteiger partial charge in [0.15, 0.2) is 0 Å². The van der Waals surface area contributed by atoms with Crippen molar-refractivity contribution in [1.29, 1.82) is 0 Å². The molecule has 0 bridgehead atoms. The zero-order valence-electron chi connectivity index (χ0n) is 16.9. The Kier molecular flexibility index (Phi) is 5.13. The maximum Gasteiger partial charge on any atom is 0.416 e. The number of aromatic nitrogens is 1. The zero-order chi connectivity index (χ0) is 23.5. The molecule has 2 amide bonds. The quantitative estimate of drug-likeness (QED) is 0.553. The van der Waals surface area contributed by atoms with Crippen molar-refractivity contribution in [2.75, 3.05) is 12.0 Å². The third-order valence-electron chi connectivity index (χ3n) is 5.73. The molecular weight excluding hydrogens is 477 g/mol. The number of anilines is 1. The Balaban J connectivity index is 1.61. The minimum absolute atomic E-state index is 0.125. The number of rotatable bonds is 3. The van der Waals surface area contributed by atoms with E-state index in [0.717, 1.165) is 40.1 Å². The summed E-state index contributed by atoms with van der Waals surface area (Å²) >= 11 is 2.03. The predicted octanol–water partition coefficient (Wildman–Crippen LogP) is 4.26. The van der Waals surface area contributed by atoms with Crippen LogP contribution >= 0.6 is 23.1 Å². The second-order valence-corrected chi connectivity index (χ2v) is 9.75. The standard InChI is InChI=1S/C22H15F3N2O4S2/c1-31-13-7-5-10(6-8-13)14-15-17(32-18-16(14)33-21(30)26-18)20(29)27(19(15)28)12-4-2-3-11(9-12)22(23,24)25/h2-9,14-15,17H,1H3,(H,26,30)/t14-,15-,17-/m0/s1. The van der Waals surface area contributed by atoms with Crippen molar-refractivity contribution in [1.82, 2.24) is 4.98 Å². The molecule has 1 fully saturated rings. The van der Waals surface area contributed by atoms with Gasteiger partial charge in [0.2, 0.25) is 11.8 Å². The number of thioether (sulfide) groups is 1. The minimum atomic E-state index is -4.61. The maximum absolute atomic E-state index is 13.5. The molecule has 3 aromatic rings. The molecule has 0 saturated carbocycles. The van der Waals surface area contributed by atoms with Crippen LogP contribution in [-0.4, -0.2) is 29.2 Å². The first kappa shape index (κ1) is 21.8. The fourth-order valence-corrected chi connectivity index (χ4v) is 6.78. The highest BCUT2D eigenvalue weighted by Gasteiger charge is 2.56. The molecule has 0 unspecified atom stereocenters. The van der Waals surface area contributed by atoms with E-state index in [1.807, 2.05) is 0 Å². The summed E-state index contributed by atoms with van der Waals surface area (Å²) in [7, 11) is 1.52. The summed E-state index contributed by atoms with van der Waals surface area (Å²) in [5.41, 5.74) is -0.368. The summed E-state index contributed by atoms with van der Waals surface area (Å²) in [6, 6.07) is 11.1. The molecule has 2 aliphatic heterocycles. The topological polar surface area (TPSA) is 79.5 Å². The van der Waals surface area contributed by atoms with Gasteiger partial charge in [0.05, 0.1) is 29.3 Å². The number of fused-ring (bicyclic) bond motifs is 2. The number of halogens is 3. The van der Waals surface area contributed by atoms with Gasteiger partial charge in [-0.05, 0) is 35.9 Å². The lowest BCUT2D eigenvalue weighted by atomic mass is 9.83. The van der Waals surface area contributed by atoms with Gasteiger partial charge in [0.1, 0.15) is 11.0 Å². The number of imide groups is 1. The van der Waals surface area contributed by atoms with E-state index in [-0.39, 0.29) is 10.6 Å². The maximum atomic E-state index is 13.5. The molecule has 6 nitrogen and oxygen atoms in total.